The third kappa shape index (κ3) is 3.23. The minimum Gasteiger partial charge on any atom is -0.366 e. The molecule has 2 N–H and O–H groups in total. The molecule has 1 atom stereocenters. The molecule has 138 valence electrons. The minimum atomic E-state index is -0.517. The minimum absolute atomic E-state index is 0.00316. The van der Waals surface area contributed by atoms with E-state index < -0.39 is 11.8 Å². The number of carbonyl (C=O) groups excluding carboxylic acids is 2. The van der Waals surface area contributed by atoms with Crippen LogP contribution >= 0.6 is 23.8 Å². The Morgan fingerprint density at radius 1 is 1.31 bits per heavy atom. The van der Waals surface area contributed by atoms with Crippen LogP contribution in [0, 0.1) is 0 Å². The van der Waals surface area contributed by atoms with E-state index in [9.17, 15) is 9.59 Å². The molecule has 0 bridgehead atoms. The summed E-state index contributed by atoms with van der Waals surface area (Å²) in [6.45, 7) is 9.67. The molecule has 0 spiro atoms. The van der Waals surface area contributed by atoms with Gasteiger partial charge in [0, 0.05) is 22.8 Å². The number of benzene rings is 1. The van der Waals surface area contributed by atoms with Crippen molar-refractivity contribution in [3.05, 3.63) is 33.9 Å². The van der Waals surface area contributed by atoms with Gasteiger partial charge in [-0.15, -0.1) is 0 Å². The quantitative estimate of drug-likeness (QED) is 0.461. The first-order valence-electron chi connectivity index (χ1n) is 8.63. The van der Waals surface area contributed by atoms with Crippen molar-refractivity contribution >= 4 is 52.5 Å². The second kappa shape index (κ2) is 6.67. The zero-order valence-corrected chi connectivity index (χ0v) is 16.8. The van der Waals surface area contributed by atoms with Gasteiger partial charge in [-0.1, -0.05) is 18.5 Å². The molecular formula is C19H22ClN3O2S. The summed E-state index contributed by atoms with van der Waals surface area (Å²) in [7, 11) is 0. The number of halogens is 1. The molecule has 1 aromatic rings. The fourth-order valence-electron chi connectivity index (χ4n) is 3.99. The van der Waals surface area contributed by atoms with E-state index >= 15 is 0 Å². The Bertz CT molecular complexity index is 825. The van der Waals surface area contributed by atoms with Crippen LogP contribution < -0.4 is 15.5 Å². The molecule has 0 aromatic heterocycles. The van der Waals surface area contributed by atoms with Gasteiger partial charge in [-0.05, 0) is 74.7 Å². The molecule has 26 heavy (non-hydrogen) atoms. The van der Waals surface area contributed by atoms with Gasteiger partial charge < -0.3 is 4.90 Å². The topological polar surface area (TPSA) is 61.4 Å². The first-order chi connectivity index (χ1) is 12.1. The molecule has 5 nitrogen and oxygen atoms in total. The summed E-state index contributed by atoms with van der Waals surface area (Å²) in [6, 6.07) is 3.92. The Hall–Kier alpha value is -1.92. The van der Waals surface area contributed by atoms with Crippen LogP contribution in [0.25, 0.3) is 6.08 Å². The number of hydrogen-bond acceptors (Lipinski definition) is 4. The number of rotatable bonds is 2. The SMILES string of the molecule is CCN1c2cc(Cl)c(C=C3C(=O)NC(=S)NC3=O)cc2C(C)CC1(C)C. The predicted octanol–water partition coefficient (Wildman–Crippen LogP) is 3.37. The van der Waals surface area contributed by atoms with E-state index in [0.717, 1.165) is 18.7 Å². The molecule has 1 fully saturated rings. The molecule has 0 saturated carbocycles. The first-order valence-corrected chi connectivity index (χ1v) is 9.42. The van der Waals surface area contributed by atoms with E-state index in [-0.39, 0.29) is 16.2 Å². The summed E-state index contributed by atoms with van der Waals surface area (Å²) in [5, 5.41) is 5.40. The van der Waals surface area contributed by atoms with Gasteiger partial charge in [-0.3, -0.25) is 20.2 Å². The Labute approximate surface area is 163 Å². The second-order valence-corrected chi connectivity index (χ2v) is 8.21. The average Bonchev–Trinajstić information content (AvgIpc) is 2.51. The van der Waals surface area contributed by atoms with Gasteiger partial charge in [0.1, 0.15) is 5.57 Å². The number of nitrogens with one attached hydrogen (secondary N) is 2. The number of anilines is 1. The monoisotopic (exact) mass is 391 g/mol. The maximum atomic E-state index is 12.1. The Morgan fingerprint density at radius 3 is 2.50 bits per heavy atom. The van der Waals surface area contributed by atoms with Gasteiger partial charge >= 0.3 is 0 Å². The highest BCUT2D eigenvalue weighted by molar-refractivity contribution is 7.80. The van der Waals surface area contributed by atoms with Gasteiger partial charge in [0.05, 0.1) is 0 Å². The maximum Gasteiger partial charge on any atom is 0.263 e. The van der Waals surface area contributed by atoms with Gasteiger partial charge in [0.2, 0.25) is 0 Å². The highest BCUT2D eigenvalue weighted by Crippen LogP contribution is 2.45. The van der Waals surface area contributed by atoms with Crippen LogP contribution in [0.1, 0.15) is 51.2 Å². The molecule has 1 aromatic carbocycles. The summed E-state index contributed by atoms with van der Waals surface area (Å²) in [5.41, 5.74) is 2.98. The Balaban J connectivity index is 2.08. The second-order valence-electron chi connectivity index (χ2n) is 7.39. The van der Waals surface area contributed by atoms with Gasteiger partial charge in [0.15, 0.2) is 5.11 Å². The van der Waals surface area contributed by atoms with Crippen molar-refractivity contribution in [1.29, 1.82) is 0 Å². The Kier molecular flexibility index (Phi) is 4.84. The summed E-state index contributed by atoms with van der Waals surface area (Å²) in [5.74, 6) is -0.687. The third-order valence-corrected chi connectivity index (χ3v) is 5.60. The van der Waals surface area contributed by atoms with E-state index in [4.69, 9.17) is 23.8 Å². The lowest BCUT2D eigenvalue weighted by atomic mass is 9.79. The summed E-state index contributed by atoms with van der Waals surface area (Å²) >= 11 is 11.3. The molecule has 3 rings (SSSR count). The fraction of sp³-hybridized carbons (Fsp3) is 0.421. The van der Waals surface area contributed by atoms with Gasteiger partial charge in [0.25, 0.3) is 11.8 Å². The van der Waals surface area contributed by atoms with Crippen molar-refractivity contribution in [3.63, 3.8) is 0 Å². The predicted molar refractivity (Wildman–Crippen MR) is 108 cm³/mol. The van der Waals surface area contributed by atoms with Crippen LogP contribution in [0.5, 0.6) is 0 Å². The standard InChI is InChI=1S/C19H22ClN3O2S/c1-5-23-15-8-14(20)11(6-12(15)10(2)9-19(23,3)4)7-13-16(24)21-18(26)22-17(13)25/h6-8,10H,5,9H2,1-4H3,(H2,21,22,24,25,26). The smallest absolute Gasteiger partial charge is 0.263 e. The van der Waals surface area contributed by atoms with Crippen molar-refractivity contribution in [3.8, 4) is 0 Å². The molecule has 1 saturated heterocycles. The number of carbonyl (C=O) groups is 2. The first kappa shape index (κ1) is 18.9. The number of nitrogens with zero attached hydrogens (tertiary/aromatic N) is 1. The van der Waals surface area contributed by atoms with E-state index in [2.05, 4.69) is 43.2 Å². The van der Waals surface area contributed by atoms with Crippen molar-refractivity contribution in [2.24, 2.45) is 0 Å². The average molecular weight is 392 g/mol. The van der Waals surface area contributed by atoms with E-state index in [1.165, 1.54) is 11.6 Å². The highest BCUT2D eigenvalue weighted by Gasteiger charge is 2.36. The van der Waals surface area contributed by atoms with Crippen LogP contribution in [-0.4, -0.2) is 29.0 Å². The summed E-state index contributed by atoms with van der Waals surface area (Å²) in [6.07, 6.45) is 2.54. The van der Waals surface area contributed by atoms with E-state index in [0.29, 0.717) is 16.5 Å². The summed E-state index contributed by atoms with van der Waals surface area (Å²) < 4.78 is 0. The van der Waals surface area contributed by atoms with Crippen LogP contribution in [0.3, 0.4) is 0 Å². The molecular weight excluding hydrogens is 370 g/mol. The number of amides is 2. The van der Waals surface area contributed by atoms with Crippen molar-refractivity contribution < 1.29 is 9.59 Å². The zero-order valence-electron chi connectivity index (χ0n) is 15.3. The lowest BCUT2D eigenvalue weighted by molar-refractivity contribution is -0.123. The van der Waals surface area contributed by atoms with E-state index in [1.54, 1.807) is 0 Å². The van der Waals surface area contributed by atoms with Crippen molar-refractivity contribution in [2.45, 2.75) is 45.6 Å². The van der Waals surface area contributed by atoms with Gasteiger partial charge in [-0.25, -0.2) is 0 Å². The molecule has 2 aliphatic rings. The van der Waals surface area contributed by atoms with Crippen LogP contribution in [0.15, 0.2) is 17.7 Å². The number of thiocarbonyl (C=S) groups is 1. The third-order valence-electron chi connectivity index (χ3n) is 5.06. The number of fused-ring (bicyclic) bond motifs is 1. The molecule has 1 unspecified atom stereocenters. The van der Waals surface area contributed by atoms with Gasteiger partial charge in [-0.2, -0.15) is 0 Å². The largest absolute Gasteiger partial charge is 0.366 e. The number of hydrogen-bond donors (Lipinski definition) is 2. The molecule has 0 aliphatic carbocycles. The maximum absolute atomic E-state index is 12.1. The van der Waals surface area contributed by atoms with Crippen molar-refractivity contribution in [1.82, 2.24) is 10.6 Å². The molecule has 0 radical (unpaired) electrons. The van der Waals surface area contributed by atoms with Crippen LogP contribution in [-0.2, 0) is 9.59 Å². The zero-order chi connectivity index (χ0) is 19.2. The lowest BCUT2D eigenvalue weighted by Crippen LogP contribution is -2.51. The Morgan fingerprint density at radius 2 is 1.92 bits per heavy atom. The molecule has 2 amide bonds. The fourth-order valence-corrected chi connectivity index (χ4v) is 4.39. The molecule has 2 heterocycles. The van der Waals surface area contributed by atoms with Crippen LogP contribution in [0.2, 0.25) is 5.02 Å². The molecule has 2 aliphatic heterocycles. The van der Waals surface area contributed by atoms with E-state index in [1.807, 2.05) is 12.1 Å². The summed E-state index contributed by atoms with van der Waals surface area (Å²) in [4.78, 5) is 26.5. The lowest BCUT2D eigenvalue weighted by Gasteiger charge is -2.47. The molecule has 7 heteroatoms. The highest BCUT2D eigenvalue weighted by atomic mass is 35.5. The van der Waals surface area contributed by atoms with Crippen LogP contribution in [0.4, 0.5) is 5.69 Å². The normalized spacial score (nSPS) is 21.9. The van der Waals surface area contributed by atoms with Crippen molar-refractivity contribution in [2.75, 3.05) is 11.4 Å².